The number of hydrogen-bond acceptors (Lipinski definition) is 4. The van der Waals surface area contributed by atoms with Gasteiger partial charge in [-0.2, -0.15) is 11.8 Å². The minimum atomic E-state index is 0.355. The Hall–Kier alpha value is 0.230. The SMILES string of the molecule is CNCC1(CN2CCSC(C)(C)CC2)CCOC1. The van der Waals surface area contributed by atoms with E-state index in [0.29, 0.717) is 10.2 Å². The van der Waals surface area contributed by atoms with Crippen molar-refractivity contribution in [3.05, 3.63) is 0 Å². The Morgan fingerprint density at radius 2 is 2.11 bits per heavy atom. The van der Waals surface area contributed by atoms with Gasteiger partial charge in [-0.15, -0.1) is 0 Å². The molecule has 0 aliphatic carbocycles. The first-order valence-corrected chi connectivity index (χ1v) is 8.13. The van der Waals surface area contributed by atoms with Crippen LogP contribution in [0.2, 0.25) is 0 Å². The Bertz CT molecular complexity index is 265. The van der Waals surface area contributed by atoms with E-state index < -0.39 is 0 Å². The second kappa shape index (κ2) is 6.12. The average molecular weight is 272 g/mol. The van der Waals surface area contributed by atoms with Crippen LogP contribution in [0.15, 0.2) is 0 Å². The summed E-state index contributed by atoms with van der Waals surface area (Å²) in [6, 6.07) is 0. The molecule has 0 saturated carbocycles. The largest absolute Gasteiger partial charge is 0.381 e. The van der Waals surface area contributed by atoms with E-state index in [0.717, 1.165) is 19.8 Å². The number of thioether (sulfide) groups is 1. The zero-order valence-electron chi connectivity index (χ0n) is 12.1. The summed E-state index contributed by atoms with van der Waals surface area (Å²) in [6.07, 6.45) is 2.51. The van der Waals surface area contributed by atoms with Gasteiger partial charge in [-0.1, -0.05) is 13.8 Å². The summed E-state index contributed by atoms with van der Waals surface area (Å²) >= 11 is 2.13. The number of hydrogen-bond donors (Lipinski definition) is 1. The van der Waals surface area contributed by atoms with Crippen molar-refractivity contribution in [2.75, 3.05) is 52.2 Å². The molecule has 18 heavy (non-hydrogen) atoms. The van der Waals surface area contributed by atoms with Crippen LogP contribution in [0.4, 0.5) is 0 Å². The van der Waals surface area contributed by atoms with Crippen molar-refractivity contribution >= 4 is 11.8 Å². The highest BCUT2D eigenvalue weighted by molar-refractivity contribution is 8.00. The van der Waals surface area contributed by atoms with Crippen LogP contribution in [0.1, 0.15) is 26.7 Å². The van der Waals surface area contributed by atoms with Crippen molar-refractivity contribution in [3.8, 4) is 0 Å². The normalized spacial score (nSPS) is 33.5. The van der Waals surface area contributed by atoms with Gasteiger partial charge in [-0.05, 0) is 26.4 Å². The molecule has 2 rings (SSSR count). The molecule has 0 bridgehead atoms. The lowest BCUT2D eigenvalue weighted by Crippen LogP contribution is -2.44. The molecule has 2 aliphatic rings. The molecule has 2 heterocycles. The molecule has 3 nitrogen and oxygen atoms in total. The van der Waals surface area contributed by atoms with Crippen LogP contribution in [-0.4, -0.2) is 61.8 Å². The quantitative estimate of drug-likeness (QED) is 0.844. The molecule has 1 N–H and O–H groups in total. The Kier molecular flexibility index (Phi) is 4.98. The summed E-state index contributed by atoms with van der Waals surface area (Å²) in [5, 5.41) is 3.36. The molecule has 0 amide bonds. The van der Waals surface area contributed by atoms with Gasteiger partial charge >= 0.3 is 0 Å². The van der Waals surface area contributed by atoms with E-state index in [9.17, 15) is 0 Å². The zero-order chi connectivity index (χ0) is 13.1. The molecule has 0 spiro atoms. The summed E-state index contributed by atoms with van der Waals surface area (Å²) in [6.45, 7) is 11.4. The Morgan fingerprint density at radius 1 is 1.28 bits per heavy atom. The lowest BCUT2D eigenvalue weighted by atomic mass is 9.86. The van der Waals surface area contributed by atoms with E-state index in [1.807, 2.05) is 0 Å². The Morgan fingerprint density at radius 3 is 2.78 bits per heavy atom. The number of rotatable bonds is 4. The number of nitrogens with one attached hydrogen (secondary N) is 1. The van der Waals surface area contributed by atoms with Crippen molar-refractivity contribution in [2.24, 2.45) is 5.41 Å². The predicted octanol–water partition coefficient (Wildman–Crippen LogP) is 1.83. The van der Waals surface area contributed by atoms with Crippen LogP contribution in [0.25, 0.3) is 0 Å². The molecule has 0 aromatic carbocycles. The summed E-state index contributed by atoms with van der Waals surface area (Å²) in [5.41, 5.74) is 0.355. The molecule has 4 heteroatoms. The summed E-state index contributed by atoms with van der Waals surface area (Å²) < 4.78 is 6.11. The first kappa shape index (κ1) is 14.6. The third kappa shape index (κ3) is 3.86. The summed E-state index contributed by atoms with van der Waals surface area (Å²) in [5.74, 6) is 1.27. The minimum Gasteiger partial charge on any atom is -0.381 e. The van der Waals surface area contributed by atoms with Gasteiger partial charge in [0.25, 0.3) is 0 Å². The summed E-state index contributed by atoms with van der Waals surface area (Å²) in [7, 11) is 2.06. The Balaban J connectivity index is 1.91. The van der Waals surface area contributed by atoms with Gasteiger partial charge in [0, 0.05) is 42.2 Å². The minimum absolute atomic E-state index is 0.355. The molecule has 2 fully saturated rings. The van der Waals surface area contributed by atoms with Crippen LogP contribution in [0.5, 0.6) is 0 Å². The number of ether oxygens (including phenoxy) is 1. The fourth-order valence-electron chi connectivity index (χ4n) is 3.04. The second-order valence-corrected chi connectivity index (χ2v) is 8.27. The molecule has 106 valence electrons. The molecule has 2 aliphatic heterocycles. The standard InChI is InChI=1S/C14H28N2OS/c1-13(2)4-6-16(7-9-18-13)11-14(10-15-3)5-8-17-12-14/h15H,4-12H2,1-3H3. The van der Waals surface area contributed by atoms with Crippen molar-refractivity contribution in [3.63, 3.8) is 0 Å². The lowest BCUT2D eigenvalue weighted by Gasteiger charge is -2.33. The fraction of sp³-hybridized carbons (Fsp3) is 1.00. The van der Waals surface area contributed by atoms with E-state index in [1.54, 1.807) is 0 Å². The van der Waals surface area contributed by atoms with Crippen molar-refractivity contribution in [1.82, 2.24) is 10.2 Å². The van der Waals surface area contributed by atoms with Crippen LogP contribution in [0, 0.1) is 5.41 Å². The Labute approximate surface area is 116 Å². The first-order valence-electron chi connectivity index (χ1n) is 7.14. The third-order valence-corrected chi connectivity index (χ3v) is 5.60. The molecule has 0 radical (unpaired) electrons. The van der Waals surface area contributed by atoms with Crippen LogP contribution < -0.4 is 5.32 Å². The third-order valence-electron chi connectivity index (χ3n) is 4.23. The fourth-order valence-corrected chi connectivity index (χ4v) is 4.18. The predicted molar refractivity (Wildman–Crippen MR) is 79.4 cm³/mol. The zero-order valence-corrected chi connectivity index (χ0v) is 12.9. The number of nitrogens with zero attached hydrogens (tertiary/aromatic N) is 1. The monoisotopic (exact) mass is 272 g/mol. The maximum Gasteiger partial charge on any atom is 0.0547 e. The van der Waals surface area contributed by atoms with Gasteiger partial charge < -0.3 is 15.0 Å². The topological polar surface area (TPSA) is 24.5 Å². The van der Waals surface area contributed by atoms with Crippen LogP contribution in [-0.2, 0) is 4.74 Å². The molecule has 0 aromatic heterocycles. The molecular weight excluding hydrogens is 244 g/mol. The first-order chi connectivity index (χ1) is 8.55. The average Bonchev–Trinajstić information content (AvgIpc) is 2.68. The lowest BCUT2D eigenvalue weighted by molar-refractivity contribution is 0.112. The van der Waals surface area contributed by atoms with Gasteiger partial charge in [-0.25, -0.2) is 0 Å². The van der Waals surface area contributed by atoms with E-state index in [-0.39, 0.29) is 0 Å². The van der Waals surface area contributed by atoms with Crippen LogP contribution >= 0.6 is 11.8 Å². The highest BCUT2D eigenvalue weighted by atomic mass is 32.2. The second-order valence-electron chi connectivity index (χ2n) is 6.47. The van der Waals surface area contributed by atoms with E-state index >= 15 is 0 Å². The molecule has 2 saturated heterocycles. The maximum absolute atomic E-state index is 5.65. The van der Waals surface area contributed by atoms with Crippen molar-refractivity contribution < 1.29 is 4.74 Å². The van der Waals surface area contributed by atoms with Gasteiger partial charge in [0.15, 0.2) is 0 Å². The van der Waals surface area contributed by atoms with E-state index in [2.05, 4.69) is 42.9 Å². The van der Waals surface area contributed by atoms with E-state index in [1.165, 1.54) is 38.2 Å². The highest BCUT2D eigenvalue weighted by Gasteiger charge is 2.37. The van der Waals surface area contributed by atoms with E-state index in [4.69, 9.17) is 4.74 Å². The van der Waals surface area contributed by atoms with Crippen LogP contribution in [0.3, 0.4) is 0 Å². The molecule has 0 aromatic rings. The smallest absolute Gasteiger partial charge is 0.0547 e. The van der Waals surface area contributed by atoms with Gasteiger partial charge in [0.1, 0.15) is 0 Å². The molecular formula is C14H28N2OS. The van der Waals surface area contributed by atoms with Crippen molar-refractivity contribution in [2.45, 2.75) is 31.4 Å². The highest BCUT2D eigenvalue weighted by Crippen LogP contribution is 2.33. The molecule has 1 unspecified atom stereocenters. The maximum atomic E-state index is 5.65. The molecule has 1 atom stereocenters. The summed E-state index contributed by atoms with van der Waals surface area (Å²) in [4.78, 5) is 2.66. The van der Waals surface area contributed by atoms with Crippen molar-refractivity contribution in [1.29, 1.82) is 0 Å². The van der Waals surface area contributed by atoms with Gasteiger partial charge in [0.05, 0.1) is 6.61 Å². The van der Waals surface area contributed by atoms with Gasteiger partial charge in [0.2, 0.25) is 0 Å². The van der Waals surface area contributed by atoms with Gasteiger partial charge in [-0.3, -0.25) is 0 Å².